The summed E-state index contributed by atoms with van der Waals surface area (Å²) in [5.74, 6) is 0. The number of rotatable bonds is 2. The maximum absolute atomic E-state index is 5.41. The summed E-state index contributed by atoms with van der Waals surface area (Å²) in [6, 6.07) is 0.509. The third kappa shape index (κ3) is 1.53. The molecule has 1 saturated heterocycles. The largest absolute Gasteiger partial charge is 0.327 e. The fourth-order valence-corrected chi connectivity index (χ4v) is 1.18. The van der Waals surface area contributed by atoms with Gasteiger partial charge in [0.15, 0.2) is 0 Å². The van der Waals surface area contributed by atoms with Crippen LogP contribution < -0.4 is 11.1 Å². The van der Waals surface area contributed by atoms with Crippen LogP contribution in [0.3, 0.4) is 0 Å². The van der Waals surface area contributed by atoms with E-state index in [0.717, 1.165) is 12.1 Å². The summed E-state index contributed by atoms with van der Waals surface area (Å²) in [5.41, 5.74) is 6.56. The topological polar surface area (TPSA) is 38.0 Å². The van der Waals surface area contributed by atoms with Crippen molar-refractivity contribution in [2.75, 3.05) is 13.1 Å². The van der Waals surface area contributed by atoms with Crippen molar-refractivity contribution in [3.63, 3.8) is 0 Å². The van der Waals surface area contributed by atoms with Gasteiger partial charge in [-0.15, -0.1) is 0 Å². The molecule has 3 N–H and O–H groups in total. The second kappa shape index (κ2) is 2.99. The quantitative estimate of drug-likeness (QED) is 0.521. The van der Waals surface area contributed by atoms with E-state index < -0.39 is 0 Å². The van der Waals surface area contributed by atoms with E-state index in [9.17, 15) is 0 Å². The first-order valence-electron chi connectivity index (χ1n) is 3.45. The summed E-state index contributed by atoms with van der Waals surface area (Å²) in [6.45, 7) is 5.62. The molecule has 52 valence electrons. The molecular weight excluding hydrogens is 112 g/mol. The maximum atomic E-state index is 5.41. The number of hydrogen-bond donors (Lipinski definition) is 2. The molecule has 0 aromatic carbocycles. The Labute approximate surface area is 56.1 Å². The van der Waals surface area contributed by atoms with Gasteiger partial charge in [0.1, 0.15) is 0 Å². The van der Waals surface area contributed by atoms with Gasteiger partial charge >= 0.3 is 0 Å². The molecule has 0 aliphatic carbocycles. The van der Waals surface area contributed by atoms with Gasteiger partial charge in [0.2, 0.25) is 0 Å². The van der Waals surface area contributed by atoms with Crippen molar-refractivity contribution < 1.29 is 0 Å². The van der Waals surface area contributed by atoms with Crippen molar-refractivity contribution in [2.24, 2.45) is 5.73 Å². The summed E-state index contributed by atoms with van der Waals surface area (Å²) >= 11 is 0. The zero-order valence-electron chi connectivity index (χ0n) is 5.69. The molecule has 0 aromatic rings. The first kappa shape index (κ1) is 6.78. The molecule has 1 aliphatic rings. The van der Waals surface area contributed by atoms with Crippen molar-refractivity contribution >= 4 is 0 Å². The lowest BCUT2D eigenvalue weighted by molar-refractivity contribution is 0.679. The molecule has 0 saturated carbocycles. The number of nitrogens with one attached hydrogen (secondary N) is 1. The zero-order chi connectivity index (χ0) is 6.69. The van der Waals surface area contributed by atoms with E-state index >= 15 is 0 Å². The van der Waals surface area contributed by atoms with Gasteiger partial charge in [0.05, 0.1) is 0 Å². The second-order valence-corrected chi connectivity index (χ2v) is 2.51. The molecule has 0 aromatic heterocycles. The van der Waals surface area contributed by atoms with Gasteiger partial charge in [-0.05, 0) is 25.0 Å². The van der Waals surface area contributed by atoms with Gasteiger partial charge in [-0.25, -0.2) is 0 Å². The standard InChI is InChI=1S/C7H14N2/c1-6(5-8)7-3-2-4-9-7/h7,9H,1-5,8H2. The second-order valence-electron chi connectivity index (χ2n) is 2.51. The molecule has 1 rings (SSSR count). The fourth-order valence-electron chi connectivity index (χ4n) is 1.18. The molecule has 1 heterocycles. The van der Waals surface area contributed by atoms with E-state index in [1.165, 1.54) is 12.8 Å². The summed E-state index contributed by atoms with van der Waals surface area (Å²) in [4.78, 5) is 0. The van der Waals surface area contributed by atoms with Crippen molar-refractivity contribution in [1.82, 2.24) is 5.32 Å². The van der Waals surface area contributed by atoms with Crippen LogP contribution in [0.5, 0.6) is 0 Å². The van der Waals surface area contributed by atoms with Gasteiger partial charge in [0, 0.05) is 12.6 Å². The Morgan fingerprint density at radius 2 is 2.56 bits per heavy atom. The van der Waals surface area contributed by atoms with Gasteiger partial charge in [-0.2, -0.15) is 0 Å². The highest BCUT2D eigenvalue weighted by atomic mass is 14.9. The SMILES string of the molecule is C=C(CN)C1CCCN1. The van der Waals surface area contributed by atoms with Gasteiger partial charge in [-0.3, -0.25) is 0 Å². The third-order valence-corrected chi connectivity index (χ3v) is 1.82. The highest BCUT2D eigenvalue weighted by Crippen LogP contribution is 2.10. The summed E-state index contributed by atoms with van der Waals surface area (Å²) in [5, 5.41) is 3.33. The zero-order valence-corrected chi connectivity index (χ0v) is 5.69. The minimum Gasteiger partial charge on any atom is -0.327 e. The van der Waals surface area contributed by atoms with Crippen LogP contribution in [-0.4, -0.2) is 19.1 Å². The lowest BCUT2D eigenvalue weighted by atomic mass is 10.1. The van der Waals surface area contributed by atoms with Gasteiger partial charge in [-0.1, -0.05) is 6.58 Å². The molecular formula is C7H14N2. The van der Waals surface area contributed by atoms with Crippen LogP contribution in [0.15, 0.2) is 12.2 Å². The Morgan fingerprint density at radius 1 is 1.78 bits per heavy atom. The minimum atomic E-state index is 0.509. The smallest absolute Gasteiger partial charge is 0.0289 e. The van der Waals surface area contributed by atoms with Crippen LogP contribution in [0.4, 0.5) is 0 Å². The molecule has 2 nitrogen and oxygen atoms in total. The van der Waals surface area contributed by atoms with E-state index in [-0.39, 0.29) is 0 Å². The predicted octanol–water partition coefficient (Wildman–Crippen LogP) is 0.253. The maximum Gasteiger partial charge on any atom is 0.0289 e. The summed E-state index contributed by atoms with van der Waals surface area (Å²) < 4.78 is 0. The molecule has 1 aliphatic heterocycles. The predicted molar refractivity (Wildman–Crippen MR) is 39.2 cm³/mol. The van der Waals surface area contributed by atoms with Crippen molar-refractivity contribution in [2.45, 2.75) is 18.9 Å². The van der Waals surface area contributed by atoms with Crippen molar-refractivity contribution in [3.8, 4) is 0 Å². The number of nitrogens with two attached hydrogens (primary N) is 1. The first-order valence-corrected chi connectivity index (χ1v) is 3.45. The normalized spacial score (nSPS) is 26.6. The van der Waals surface area contributed by atoms with E-state index in [1.54, 1.807) is 0 Å². The van der Waals surface area contributed by atoms with E-state index in [1.807, 2.05) is 0 Å². The van der Waals surface area contributed by atoms with E-state index in [0.29, 0.717) is 12.6 Å². The highest BCUT2D eigenvalue weighted by Gasteiger charge is 2.14. The molecule has 1 atom stereocenters. The third-order valence-electron chi connectivity index (χ3n) is 1.82. The van der Waals surface area contributed by atoms with E-state index in [2.05, 4.69) is 11.9 Å². The molecule has 0 amide bonds. The minimum absolute atomic E-state index is 0.509. The van der Waals surface area contributed by atoms with Crippen LogP contribution in [-0.2, 0) is 0 Å². The van der Waals surface area contributed by atoms with Gasteiger partial charge < -0.3 is 11.1 Å². The van der Waals surface area contributed by atoms with Crippen LogP contribution >= 0.6 is 0 Å². The Kier molecular flexibility index (Phi) is 2.25. The molecule has 1 fully saturated rings. The van der Waals surface area contributed by atoms with E-state index in [4.69, 9.17) is 5.73 Å². The monoisotopic (exact) mass is 126 g/mol. The first-order chi connectivity index (χ1) is 4.34. The molecule has 0 bridgehead atoms. The van der Waals surface area contributed by atoms with Crippen LogP contribution in [0.25, 0.3) is 0 Å². The summed E-state index contributed by atoms with van der Waals surface area (Å²) in [7, 11) is 0. The lowest BCUT2D eigenvalue weighted by Crippen LogP contribution is -2.26. The van der Waals surface area contributed by atoms with Crippen LogP contribution in [0.1, 0.15) is 12.8 Å². The van der Waals surface area contributed by atoms with Crippen LogP contribution in [0.2, 0.25) is 0 Å². The lowest BCUT2D eigenvalue weighted by Gasteiger charge is -2.10. The average Bonchev–Trinajstić information content (AvgIpc) is 2.37. The Balaban J connectivity index is 2.32. The molecule has 1 unspecified atom stereocenters. The molecule has 2 heteroatoms. The summed E-state index contributed by atoms with van der Waals surface area (Å²) in [6.07, 6.45) is 2.49. The van der Waals surface area contributed by atoms with Gasteiger partial charge in [0.25, 0.3) is 0 Å². The average molecular weight is 126 g/mol. The number of hydrogen-bond acceptors (Lipinski definition) is 2. The molecule has 0 spiro atoms. The van der Waals surface area contributed by atoms with Crippen LogP contribution in [0, 0.1) is 0 Å². The Hall–Kier alpha value is -0.340. The highest BCUT2D eigenvalue weighted by molar-refractivity contribution is 5.08. The Morgan fingerprint density at radius 3 is 3.00 bits per heavy atom. The van der Waals surface area contributed by atoms with Crippen molar-refractivity contribution in [3.05, 3.63) is 12.2 Å². The Bertz CT molecular complexity index is 103. The molecule has 9 heavy (non-hydrogen) atoms. The fraction of sp³-hybridized carbons (Fsp3) is 0.714. The molecule has 0 radical (unpaired) electrons. The van der Waals surface area contributed by atoms with Crippen molar-refractivity contribution in [1.29, 1.82) is 0 Å².